The van der Waals surface area contributed by atoms with Crippen molar-refractivity contribution in [3.05, 3.63) is 35.4 Å². The number of rotatable bonds is 3. The topological polar surface area (TPSA) is 59.4 Å². The van der Waals surface area contributed by atoms with Gasteiger partial charge in [0.2, 0.25) is 0 Å². The first-order valence-electron chi connectivity index (χ1n) is 8.89. The summed E-state index contributed by atoms with van der Waals surface area (Å²) in [6, 6.07) is 10.2. The number of likely N-dealkylation sites (tertiary alicyclic amines) is 2. The van der Waals surface area contributed by atoms with Gasteiger partial charge in [-0.1, -0.05) is 12.1 Å². The predicted octanol–water partition coefficient (Wildman–Crippen LogP) is 2.23. The maximum Gasteiger partial charge on any atom is 0.317 e. The Morgan fingerprint density at radius 3 is 3.08 bits per heavy atom. The maximum absolute atomic E-state index is 12.6. The van der Waals surface area contributed by atoms with E-state index in [0.29, 0.717) is 24.1 Å². The first kappa shape index (κ1) is 16.8. The average Bonchev–Trinajstić information content (AvgIpc) is 2.61. The van der Waals surface area contributed by atoms with E-state index in [0.717, 1.165) is 44.5 Å². The molecule has 2 atom stereocenters. The molecule has 2 aliphatic heterocycles. The monoisotopic (exact) mass is 326 g/mol. The fraction of sp³-hybridized carbons (Fsp3) is 0.579. The summed E-state index contributed by atoms with van der Waals surface area (Å²) in [4.78, 5) is 17.0. The van der Waals surface area contributed by atoms with Crippen molar-refractivity contribution in [3.8, 4) is 6.07 Å². The largest absolute Gasteiger partial charge is 0.338 e. The minimum Gasteiger partial charge on any atom is -0.338 e. The van der Waals surface area contributed by atoms with Crippen LogP contribution in [0.25, 0.3) is 0 Å². The fourth-order valence-electron chi connectivity index (χ4n) is 4.05. The molecule has 2 heterocycles. The van der Waals surface area contributed by atoms with E-state index in [-0.39, 0.29) is 6.03 Å². The number of fused-ring (bicyclic) bond motifs is 1. The Kier molecular flexibility index (Phi) is 5.37. The standard InChI is InChI=1S/C19H26N4O/c1-22-11-8-18-17(14-22)6-3-10-23(18)19(24)21-9-7-15-4-2-5-16(12-15)13-20/h2,4-5,12,17-18H,3,6-11,14H2,1H3,(H,21,24). The van der Waals surface area contributed by atoms with Crippen molar-refractivity contribution in [1.82, 2.24) is 15.1 Å². The molecule has 3 rings (SSSR count). The summed E-state index contributed by atoms with van der Waals surface area (Å²) < 4.78 is 0. The second kappa shape index (κ2) is 7.67. The van der Waals surface area contributed by atoms with Gasteiger partial charge in [-0.15, -0.1) is 0 Å². The Morgan fingerprint density at radius 2 is 2.25 bits per heavy atom. The molecule has 2 saturated heterocycles. The summed E-state index contributed by atoms with van der Waals surface area (Å²) in [6.45, 7) is 3.67. The zero-order chi connectivity index (χ0) is 16.9. The lowest BCUT2D eigenvalue weighted by Crippen LogP contribution is -2.57. The molecule has 128 valence electrons. The molecule has 0 bridgehead atoms. The molecular formula is C19H26N4O. The van der Waals surface area contributed by atoms with E-state index in [9.17, 15) is 4.79 Å². The van der Waals surface area contributed by atoms with Crippen LogP contribution in [-0.4, -0.2) is 55.1 Å². The molecular weight excluding hydrogens is 300 g/mol. The van der Waals surface area contributed by atoms with Gasteiger partial charge in [0.05, 0.1) is 11.6 Å². The van der Waals surface area contributed by atoms with Crippen LogP contribution in [0.1, 0.15) is 30.4 Å². The quantitative estimate of drug-likeness (QED) is 0.926. The molecule has 0 spiro atoms. The Labute approximate surface area is 144 Å². The Hall–Kier alpha value is -2.06. The van der Waals surface area contributed by atoms with E-state index in [2.05, 4.69) is 28.2 Å². The van der Waals surface area contributed by atoms with Crippen molar-refractivity contribution in [1.29, 1.82) is 5.26 Å². The number of nitrogens with zero attached hydrogens (tertiary/aromatic N) is 3. The van der Waals surface area contributed by atoms with Gasteiger partial charge in [0, 0.05) is 25.7 Å². The number of benzene rings is 1. The summed E-state index contributed by atoms with van der Waals surface area (Å²) in [5, 5.41) is 12.0. The van der Waals surface area contributed by atoms with Gasteiger partial charge in [0.15, 0.2) is 0 Å². The van der Waals surface area contributed by atoms with Crippen molar-refractivity contribution in [2.75, 3.05) is 33.2 Å². The van der Waals surface area contributed by atoms with Crippen LogP contribution < -0.4 is 5.32 Å². The van der Waals surface area contributed by atoms with Crippen LogP contribution in [-0.2, 0) is 6.42 Å². The molecule has 0 radical (unpaired) electrons. The van der Waals surface area contributed by atoms with E-state index in [4.69, 9.17) is 5.26 Å². The Morgan fingerprint density at radius 1 is 1.38 bits per heavy atom. The first-order chi connectivity index (χ1) is 11.7. The number of carbonyl (C=O) groups excluding carboxylic acids is 1. The van der Waals surface area contributed by atoms with E-state index in [1.807, 2.05) is 18.2 Å². The van der Waals surface area contributed by atoms with Gasteiger partial charge in [0.25, 0.3) is 0 Å². The first-order valence-corrected chi connectivity index (χ1v) is 8.89. The minimum atomic E-state index is 0.0747. The smallest absolute Gasteiger partial charge is 0.317 e. The van der Waals surface area contributed by atoms with Crippen LogP contribution in [0.4, 0.5) is 4.79 Å². The number of carbonyl (C=O) groups is 1. The molecule has 0 aromatic heterocycles. The van der Waals surface area contributed by atoms with Crippen molar-refractivity contribution in [2.24, 2.45) is 5.92 Å². The third kappa shape index (κ3) is 3.88. The van der Waals surface area contributed by atoms with Crippen molar-refractivity contribution in [3.63, 3.8) is 0 Å². The molecule has 2 fully saturated rings. The zero-order valence-corrected chi connectivity index (χ0v) is 14.4. The SMILES string of the molecule is CN1CCC2C(CCCN2C(=O)NCCc2cccc(C#N)c2)C1. The summed E-state index contributed by atoms with van der Waals surface area (Å²) in [7, 11) is 2.17. The highest BCUT2D eigenvalue weighted by Crippen LogP contribution is 2.29. The summed E-state index contributed by atoms with van der Waals surface area (Å²) in [6.07, 6.45) is 4.18. The molecule has 5 heteroatoms. The maximum atomic E-state index is 12.6. The second-order valence-corrected chi connectivity index (χ2v) is 7.01. The minimum absolute atomic E-state index is 0.0747. The number of nitrogens with one attached hydrogen (secondary N) is 1. The third-order valence-electron chi connectivity index (χ3n) is 5.28. The number of piperidine rings is 2. The van der Waals surface area contributed by atoms with Crippen LogP contribution in [0.15, 0.2) is 24.3 Å². The van der Waals surface area contributed by atoms with Gasteiger partial charge in [-0.3, -0.25) is 0 Å². The van der Waals surface area contributed by atoms with Crippen LogP contribution >= 0.6 is 0 Å². The number of nitriles is 1. The molecule has 2 aliphatic rings. The number of urea groups is 1. The van der Waals surface area contributed by atoms with Crippen molar-refractivity contribution >= 4 is 6.03 Å². The summed E-state index contributed by atoms with van der Waals surface area (Å²) in [5.74, 6) is 0.621. The van der Waals surface area contributed by atoms with Crippen LogP contribution in [0.5, 0.6) is 0 Å². The summed E-state index contributed by atoms with van der Waals surface area (Å²) >= 11 is 0. The van der Waals surface area contributed by atoms with Gasteiger partial charge < -0.3 is 15.1 Å². The molecule has 1 aromatic carbocycles. The molecule has 5 nitrogen and oxygen atoms in total. The normalized spacial score (nSPS) is 24.1. The fourth-order valence-corrected chi connectivity index (χ4v) is 4.05. The molecule has 2 amide bonds. The number of hydrogen-bond donors (Lipinski definition) is 1. The van der Waals surface area contributed by atoms with E-state index >= 15 is 0 Å². The second-order valence-electron chi connectivity index (χ2n) is 7.01. The Bertz CT molecular complexity index is 624. The van der Waals surface area contributed by atoms with Crippen molar-refractivity contribution < 1.29 is 4.79 Å². The third-order valence-corrected chi connectivity index (χ3v) is 5.28. The number of hydrogen-bond acceptors (Lipinski definition) is 3. The zero-order valence-electron chi connectivity index (χ0n) is 14.4. The van der Waals surface area contributed by atoms with Crippen LogP contribution in [0, 0.1) is 17.2 Å². The van der Waals surface area contributed by atoms with Gasteiger partial charge in [-0.25, -0.2) is 4.79 Å². The van der Waals surface area contributed by atoms with Crippen molar-refractivity contribution in [2.45, 2.75) is 31.7 Å². The average molecular weight is 326 g/mol. The molecule has 1 N–H and O–H groups in total. The molecule has 0 saturated carbocycles. The lowest BCUT2D eigenvalue weighted by Gasteiger charge is -2.46. The summed E-state index contributed by atoms with van der Waals surface area (Å²) in [5.41, 5.74) is 1.76. The van der Waals surface area contributed by atoms with E-state index < -0.39 is 0 Å². The molecule has 0 aliphatic carbocycles. The highest BCUT2D eigenvalue weighted by Gasteiger charge is 2.37. The molecule has 2 unspecified atom stereocenters. The van der Waals surface area contributed by atoms with Gasteiger partial charge >= 0.3 is 6.03 Å². The lowest BCUT2D eigenvalue weighted by atomic mass is 9.84. The van der Waals surface area contributed by atoms with Gasteiger partial charge in [-0.2, -0.15) is 5.26 Å². The highest BCUT2D eigenvalue weighted by molar-refractivity contribution is 5.74. The Balaban J connectivity index is 1.52. The molecule has 1 aromatic rings. The van der Waals surface area contributed by atoms with Crippen LogP contribution in [0.2, 0.25) is 0 Å². The van der Waals surface area contributed by atoms with Gasteiger partial charge in [0.1, 0.15) is 0 Å². The lowest BCUT2D eigenvalue weighted by molar-refractivity contribution is 0.0534. The predicted molar refractivity (Wildman–Crippen MR) is 93.6 cm³/mol. The molecule has 24 heavy (non-hydrogen) atoms. The number of amides is 2. The van der Waals surface area contributed by atoms with Crippen LogP contribution in [0.3, 0.4) is 0 Å². The van der Waals surface area contributed by atoms with Gasteiger partial charge in [-0.05, 0) is 62.9 Å². The van der Waals surface area contributed by atoms with E-state index in [1.165, 1.54) is 6.42 Å². The highest BCUT2D eigenvalue weighted by atomic mass is 16.2. The van der Waals surface area contributed by atoms with E-state index in [1.54, 1.807) is 6.07 Å².